The highest BCUT2D eigenvalue weighted by molar-refractivity contribution is 6.31. The summed E-state index contributed by atoms with van der Waals surface area (Å²) in [7, 11) is 0. The smallest absolute Gasteiger partial charge is 0.354 e. The average Bonchev–Trinajstić information content (AvgIpc) is 3.11. The molecule has 0 fully saturated rings. The summed E-state index contributed by atoms with van der Waals surface area (Å²) in [5.74, 6) is 0. The summed E-state index contributed by atoms with van der Waals surface area (Å²) in [6, 6.07) is 10.9. The van der Waals surface area contributed by atoms with Crippen LogP contribution in [0.5, 0.6) is 0 Å². The van der Waals surface area contributed by atoms with E-state index in [1.165, 1.54) is 16.3 Å². The van der Waals surface area contributed by atoms with Gasteiger partial charge in [-0.05, 0) is 24.3 Å². The summed E-state index contributed by atoms with van der Waals surface area (Å²) in [6.45, 7) is 0. The van der Waals surface area contributed by atoms with Crippen molar-refractivity contribution in [3.05, 3.63) is 64.2 Å². The normalized spacial score (nSPS) is 11.2. The van der Waals surface area contributed by atoms with Gasteiger partial charge in [0.05, 0.1) is 16.7 Å². The summed E-state index contributed by atoms with van der Waals surface area (Å²) in [6.07, 6.45) is 1.43. The lowest BCUT2D eigenvalue weighted by atomic mass is 10.2. The predicted octanol–water partition coefficient (Wildman–Crippen LogP) is 3.14. The van der Waals surface area contributed by atoms with E-state index in [-0.39, 0.29) is 0 Å². The van der Waals surface area contributed by atoms with Gasteiger partial charge in [0.1, 0.15) is 11.8 Å². The third-order valence-corrected chi connectivity index (χ3v) is 4.04. The lowest BCUT2D eigenvalue weighted by Gasteiger charge is -2.00. The molecule has 24 heavy (non-hydrogen) atoms. The van der Waals surface area contributed by atoms with Crippen LogP contribution in [0.15, 0.2) is 57.9 Å². The number of halogens is 1. The number of carbonyl (C=O) groups is 1. The predicted molar refractivity (Wildman–Crippen MR) is 88.0 cm³/mol. The first-order valence-electron chi connectivity index (χ1n) is 6.96. The van der Waals surface area contributed by atoms with Crippen molar-refractivity contribution in [1.29, 1.82) is 0 Å². The SMILES string of the molecule is O=C(NO)n1c(=O)n(-c2coc3cc(Cl)ccc23)c2ccccc21. The summed E-state index contributed by atoms with van der Waals surface area (Å²) < 4.78 is 7.68. The van der Waals surface area contributed by atoms with E-state index in [0.717, 1.165) is 4.57 Å². The molecular formula is C16H10ClN3O4. The molecule has 8 heteroatoms. The molecule has 0 unspecified atom stereocenters. The Morgan fingerprint density at radius 3 is 2.67 bits per heavy atom. The minimum Gasteiger partial charge on any atom is -0.462 e. The monoisotopic (exact) mass is 343 g/mol. The highest BCUT2D eigenvalue weighted by Crippen LogP contribution is 2.28. The summed E-state index contributed by atoms with van der Waals surface area (Å²) >= 11 is 5.95. The zero-order valence-corrected chi connectivity index (χ0v) is 12.8. The number of hydrogen-bond acceptors (Lipinski definition) is 4. The van der Waals surface area contributed by atoms with Crippen LogP contribution >= 0.6 is 11.6 Å². The molecule has 2 N–H and O–H groups in total. The van der Waals surface area contributed by atoms with Crippen molar-refractivity contribution in [2.45, 2.75) is 0 Å². The summed E-state index contributed by atoms with van der Waals surface area (Å²) in [5, 5.41) is 10.1. The molecule has 2 aromatic carbocycles. The van der Waals surface area contributed by atoms with Crippen molar-refractivity contribution in [3.8, 4) is 5.69 Å². The maximum absolute atomic E-state index is 12.8. The molecule has 1 amide bonds. The Morgan fingerprint density at radius 2 is 1.92 bits per heavy atom. The number of para-hydroxylation sites is 2. The standard InChI is InChI=1S/C16H10ClN3O4/c17-9-5-6-10-13(8-24-14(10)7-9)19-11-3-1-2-4-12(11)20(16(19)22)15(21)18-23/h1-8,23H,(H,18,21). The molecule has 2 aromatic heterocycles. The van der Waals surface area contributed by atoms with Gasteiger partial charge in [-0.25, -0.2) is 19.6 Å². The van der Waals surface area contributed by atoms with Crippen molar-refractivity contribution >= 4 is 39.6 Å². The lowest BCUT2D eigenvalue weighted by molar-refractivity contribution is 0.163. The van der Waals surface area contributed by atoms with Crippen LogP contribution in [0.25, 0.3) is 27.7 Å². The molecule has 0 saturated heterocycles. The summed E-state index contributed by atoms with van der Waals surface area (Å²) in [4.78, 5) is 24.7. The highest BCUT2D eigenvalue weighted by Gasteiger charge is 2.21. The second kappa shape index (κ2) is 5.26. The molecule has 0 aliphatic rings. The fourth-order valence-corrected chi connectivity index (χ4v) is 2.95. The molecule has 0 saturated carbocycles. The van der Waals surface area contributed by atoms with Gasteiger partial charge in [-0.1, -0.05) is 23.7 Å². The van der Waals surface area contributed by atoms with E-state index in [0.29, 0.717) is 32.7 Å². The Kier molecular flexibility index (Phi) is 3.19. The molecule has 0 aliphatic carbocycles. The van der Waals surface area contributed by atoms with Gasteiger partial charge < -0.3 is 4.42 Å². The van der Waals surface area contributed by atoms with Crippen LogP contribution in [-0.2, 0) is 0 Å². The second-order valence-corrected chi connectivity index (χ2v) is 5.56. The number of amides is 1. The molecule has 4 rings (SSSR count). The van der Waals surface area contributed by atoms with Gasteiger partial charge in [-0.15, -0.1) is 0 Å². The van der Waals surface area contributed by atoms with Gasteiger partial charge in [0.15, 0.2) is 0 Å². The van der Waals surface area contributed by atoms with E-state index in [2.05, 4.69) is 0 Å². The van der Waals surface area contributed by atoms with Gasteiger partial charge in [-0.3, -0.25) is 9.77 Å². The molecule has 0 radical (unpaired) electrons. The van der Waals surface area contributed by atoms with Gasteiger partial charge in [0.25, 0.3) is 0 Å². The molecule has 7 nitrogen and oxygen atoms in total. The third kappa shape index (κ3) is 1.96. The number of benzene rings is 2. The largest absolute Gasteiger partial charge is 0.462 e. The van der Waals surface area contributed by atoms with Crippen molar-refractivity contribution in [2.75, 3.05) is 0 Å². The van der Waals surface area contributed by atoms with Crippen LogP contribution in [0.1, 0.15) is 0 Å². The number of aromatic nitrogens is 2. The van der Waals surface area contributed by atoms with Crippen molar-refractivity contribution in [1.82, 2.24) is 14.6 Å². The van der Waals surface area contributed by atoms with E-state index in [1.807, 2.05) is 0 Å². The van der Waals surface area contributed by atoms with Gasteiger partial charge in [0.2, 0.25) is 0 Å². The Labute approximate surface area is 139 Å². The Morgan fingerprint density at radius 1 is 1.17 bits per heavy atom. The highest BCUT2D eigenvalue weighted by atomic mass is 35.5. The number of furan rings is 1. The van der Waals surface area contributed by atoms with Crippen LogP contribution in [0, 0.1) is 0 Å². The number of nitrogens with zero attached hydrogens (tertiary/aromatic N) is 2. The van der Waals surface area contributed by atoms with Crippen LogP contribution < -0.4 is 11.2 Å². The fourth-order valence-electron chi connectivity index (χ4n) is 2.79. The van der Waals surface area contributed by atoms with Crippen LogP contribution in [-0.4, -0.2) is 20.4 Å². The molecule has 0 atom stereocenters. The first kappa shape index (κ1) is 14.6. The van der Waals surface area contributed by atoms with Crippen molar-refractivity contribution < 1.29 is 14.4 Å². The molecule has 0 spiro atoms. The maximum atomic E-state index is 12.8. The number of rotatable bonds is 1. The minimum absolute atomic E-state index is 0.359. The van der Waals surface area contributed by atoms with Crippen LogP contribution in [0.3, 0.4) is 0 Å². The average molecular weight is 344 g/mol. The molecular weight excluding hydrogens is 334 g/mol. The third-order valence-electron chi connectivity index (χ3n) is 3.80. The summed E-state index contributed by atoms with van der Waals surface area (Å²) in [5.41, 5.74) is 2.72. The van der Waals surface area contributed by atoms with E-state index in [1.54, 1.807) is 42.5 Å². The zero-order valence-electron chi connectivity index (χ0n) is 12.1. The van der Waals surface area contributed by atoms with Gasteiger partial charge in [0, 0.05) is 16.5 Å². The number of hydrogen-bond donors (Lipinski definition) is 2. The first-order valence-corrected chi connectivity index (χ1v) is 7.33. The Hall–Kier alpha value is -3.03. The fraction of sp³-hybridized carbons (Fsp3) is 0. The van der Waals surface area contributed by atoms with E-state index in [4.69, 9.17) is 21.2 Å². The van der Waals surface area contributed by atoms with Crippen LogP contribution in [0.4, 0.5) is 4.79 Å². The van der Waals surface area contributed by atoms with E-state index >= 15 is 0 Å². The second-order valence-electron chi connectivity index (χ2n) is 5.12. The van der Waals surface area contributed by atoms with Gasteiger partial charge >= 0.3 is 11.7 Å². The molecule has 0 bridgehead atoms. The Balaban J connectivity index is 2.12. The first-order chi connectivity index (χ1) is 11.6. The zero-order chi connectivity index (χ0) is 16.8. The number of hydroxylamine groups is 1. The number of imidazole rings is 1. The van der Waals surface area contributed by atoms with E-state index in [9.17, 15) is 9.59 Å². The van der Waals surface area contributed by atoms with Crippen LogP contribution in [0.2, 0.25) is 5.02 Å². The van der Waals surface area contributed by atoms with E-state index < -0.39 is 11.7 Å². The van der Waals surface area contributed by atoms with Crippen molar-refractivity contribution in [3.63, 3.8) is 0 Å². The number of nitrogens with one attached hydrogen (secondary N) is 1. The van der Waals surface area contributed by atoms with Gasteiger partial charge in [-0.2, -0.15) is 0 Å². The lowest BCUT2D eigenvalue weighted by Crippen LogP contribution is -2.34. The topological polar surface area (TPSA) is 89.4 Å². The molecule has 0 aliphatic heterocycles. The molecule has 4 aromatic rings. The number of fused-ring (bicyclic) bond motifs is 2. The number of carbonyl (C=O) groups excluding carboxylic acids is 1. The maximum Gasteiger partial charge on any atom is 0.354 e. The van der Waals surface area contributed by atoms with Crippen molar-refractivity contribution in [2.24, 2.45) is 0 Å². The minimum atomic E-state index is -0.939. The Bertz CT molecular complexity index is 1160. The molecule has 120 valence electrons. The quantitative estimate of drug-likeness (QED) is 0.410. The molecule has 2 heterocycles.